The average molecular weight is 217 g/mol. The third kappa shape index (κ3) is 1.58. The Kier molecular flexibility index (Phi) is 2.26. The van der Waals surface area contributed by atoms with Crippen LogP contribution in [0.15, 0.2) is 30.3 Å². The Bertz CT molecular complexity index is 435. The summed E-state index contributed by atoms with van der Waals surface area (Å²) in [4.78, 5) is 1.57. The van der Waals surface area contributed by atoms with Gasteiger partial charge in [0.05, 0.1) is 0 Å². The second-order valence-corrected chi connectivity index (χ2v) is 5.46. The van der Waals surface area contributed by atoms with E-state index in [0.717, 1.165) is 12.0 Å². The highest BCUT2D eigenvalue weighted by Crippen LogP contribution is 2.41. The smallest absolute Gasteiger partial charge is 0.0345 e. The number of nitrogens with one attached hydrogen (secondary N) is 1. The van der Waals surface area contributed by atoms with Crippen molar-refractivity contribution in [2.75, 3.05) is 7.05 Å². The normalized spacial score (nSPS) is 25.4. The molecule has 0 spiro atoms. The van der Waals surface area contributed by atoms with E-state index in [1.54, 1.807) is 4.88 Å². The number of thiophene rings is 1. The van der Waals surface area contributed by atoms with Crippen molar-refractivity contribution in [2.24, 2.45) is 0 Å². The Morgan fingerprint density at radius 3 is 2.80 bits per heavy atom. The summed E-state index contributed by atoms with van der Waals surface area (Å²) >= 11 is 1.97. The molecule has 78 valence electrons. The van der Waals surface area contributed by atoms with Gasteiger partial charge in [0, 0.05) is 15.6 Å². The van der Waals surface area contributed by atoms with Crippen LogP contribution in [0, 0.1) is 0 Å². The van der Waals surface area contributed by atoms with Crippen LogP contribution in [0.5, 0.6) is 0 Å². The molecule has 0 bridgehead atoms. The number of hydrogen-bond donors (Lipinski definition) is 1. The van der Waals surface area contributed by atoms with Gasteiger partial charge in [-0.2, -0.15) is 0 Å². The van der Waals surface area contributed by atoms with E-state index in [4.69, 9.17) is 0 Å². The lowest BCUT2D eigenvalue weighted by Gasteiger charge is -2.34. The Balaban J connectivity index is 1.87. The molecule has 1 heterocycles. The molecule has 1 aromatic carbocycles. The third-order valence-corrected chi connectivity index (χ3v) is 4.67. The largest absolute Gasteiger partial charge is 0.317 e. The summed E-state index contributed by atoms with van der Waals surface area (Å²) in [6, 6.07) is 11.8. The van der Waals surface area contributed by atoms with Crippen molar-refractivity contribution in [3.05, 3.63) is 35.2 Å². The van der Waals surface area contributed by atoms with E-state index in [0.29, 0.717) is 0 Å². The molecule has 1 aliphatic carbocycles. The molecular formula is C13H15NS. The van der Waals surface area contributed by atoms with Crippen molar-refractivity contribution >= 4 is 21.4 Å². The zero-order valence-corrected chi connectivity index (χ0v) is 9.68. The van der Waals surface area contributed by atoms with Gasteiger partial charge in [-0.05, 0) is 43.3 Å². The van der Waals surface area contributed by atoms with Crippen molar-refractivity contribution in [1.29, 1.82) is 0 Å². The first-order valence-corrected chi connectivity index (χ1v) is 6.34. The summed E-state index contributed by atoms with van der Waals surface area (Å²) in [7, 11) is 2.06. The molecule has 15 heavy (non-hydrogen) atoms. The number of benzene rings is 1. The standard InChI is InChI=1S/C13H15NS/c1-14-11-6-10(7-11)13-8-9-4-2-3-5-12(9)15-13/h2-5,8,10-11,14H,6-7H2,1H3. The van der Waals surface area contributed by atoms with Crippen LogP contribution in [0.1, 0.15) is 23.6 Å². The highest BCUT2D eigenvalue weighted by atomic mass is 32.1. The van der Waals surface area contributed by atoms with Gasteiger partial charge in [0.15, 0.2) is 0 Å². The molecule has 0 aliphatic heterocycles. The van der Waals surface area contributed by atoms with Crippen molar-refractivity contribution < 1.29 is 0 Å². The van der Waals surface area contributed by atoms with Crippen molar-refractivity contribution in [1.82, 2.24) is 5.32 Å². The summed E-state index contributed by atoms with van der Waals surface area (Å²) in [5.41, 5.74) is 0. The van der Waals surface area contributed by atoms with E-state index in [-0.39, 0.29) is 0 Å². The first-order valence-electron chi connectivity index (χ1n) is 5.52. The van der Waals surface area contributed by atoms with Crippen LogP contribution in [0.3, 0.4) is 0 Å². The first-order chi connectivity index (χ1) is 7.36. The molecule has 1 saturated carbocycles. The minimum Gasteiger partial charge on any atom is -0.317 e. The minimum absolute atomic E-state index is 0.750. The summed E-state index contributed by atoms with van der Waals surface area (Å²) in [5.74, 6) is 0.805. The predicted octanol–water partition coefficient (Wildman–Crippen LogP) is 3.37. The summed E-state index contributed by atoms with van der Waals surface area (Å²) in [6.45, 7) is 0. The third-order valence-electron chi connectivity index (χ3n) is 3.39. The fraction of sp³-hybridized carbons (Fsp3) is 0.385. The lowest BCUT2D eigenvalue weighted by molar-refractivity contribution is 0.311. The second-order valence-electron chi connectivity index (χ2n) is 4.34. The molecular weight excluding hydrogens is 202 g/mol. The van der Waals surface area contributed by atoms with Crippen molar-refractivity contribution in [3.63, 3.8) is 0 Å². The zero-order valence-electron chi connectivity index (χ0n) is 8.86. The van der Waals surface area contributed by atoms with Crippen LogP contribution in [0.2, 0.25) is 0 Å². The van der Waals surface area contributed by atoms with Crippen LogP contribution in [-0.4, -0.2) is 13.1 Å². The highest BCUT2D eigenvalue weighted by Gasteiger charge is 2.29. The summed E-state index contributed by atoms with van der Waals surface area (Å²) in [6.07, 6.45) is 2.62. The molecule has 1 aliphatic rings. The topological polar surface area (TPSA) is 12.0 Å². The molecule has 0 unspecified atom stereocenters. The number of hydrogen-bond acceptors (Lipinski definition) is 2. The summed E-state index contributed by atoms with van der Waals surface area (Å²) < 4.78 is 1.43. The fourth-order valence-corrected chi connectivity index (χ4v) is 3.48. The zero-order chi connectivity index (χ0) is 10.3. The Morgan fingerprint density at radius 2 is 2.07 bits per heavy atom. The van der Waals surface area contributed by atoms with Crippen LogP contribution >= 0.6 is 11.3 Å². The van der Waals surface area contributed by atoms with Gasteiger partial charge < -0.3 is 5.32 Å². The fourth-order valence-electron chi connectivity index (χ4n) is 2.29. The molecule has 2 heteroatoms. The van der Waals surface area contributed by atoms with Gasteiger partial charge in [0.25, 0.3) is 0 Å². The van der Waals surface area contributed by atoms with Gasteiger partial charge in [0.1, 0.15) is 0 Å². The molecule has 1 N–H and O–H groups in total. The number of fused-ring (bicyclic) bond motifs is 1. The van der Waals surface area contributed by atoms with Crippen LogP contribution in [0.25, 0.3) is 10.1 Å². The van der Waals surface area contributed by atoms with Crippen LogP contribution in [0.4, 0.5) is 0 Å². The molecule has 0 amide bonds. The second kappa shape index (κ2) is 3.62. The van der Waals surface area contributed by atoms with E-state index in [2.05, 4.69) is 42.7 Å². The first kappa shape index (κ1) is 9.37. The van der Waals surface area contributed by atoms with E-state index in [1.165, 1.54) is 22.9 Å². The quantitative estimate of drug-likeness (QED) is 0.813. The van der Waals surface area contributed by atoms with Gasteiger partial charge in [-0.25, -0.2) is 0 Å². The number of rotatable bonds is 2. The van der Waals surface area contributed by atoms with E-state index in [1.807, 2.05) is 11.3 Å². The van der Waals surface area contributed by atoms with E-state index < -0.39 is 0 Å². The van der Waals surface area contributed by atoms with Gasteiger partial charge >= 0.3 is 0 Å². The van der Waals surface area contributed by atoms with Crippen LogP contribution < -0.4 is 5.32 Å². The summed E-state index contributed by atoms with van der Waals surface area (Å²) in [5, 5.41) is 4.75. The molecule has 1 nitrogen and oxygen atoms in total. The molecule has 0 atom stereocenters. The molecule has 2 aromatic rings. The molecule has 1 aromatic heterocycles. The molecule has 0 radical (unpaired) electrons. The van der Waals surface area contributed by atoms with E-state index in [9.17, 15) is 0 Å². The monoisotopic (exact) mass is 217 g/mol. The molecule has 1 fully saturated rings. The van der Waals surface area contributed by atoms with Crippen LogP contribution in [-0.2, 0) is 0 Å². The van der Waals surface area contributed by atoms with Gasteiger partial charge in [-0.1, -0.05) is 18.2 Å². The van der Waals surface area contributed by atoms with Crippen molar-refractivity contribution in [2.45, 2.75) is 24.8 Å². The maximum Gasteiger partial charge on any atom is 0.0345 e. The SMILES string of the molecule is CNC1CC(c2cc3ccccc3s2)C1. The maximum absolute atomic E-state index is 3.34. The lowest BCUT2D eigenvalue weighted by Crippen LogP contribution is -2.37. The maximum atomic E-state index is 3.34. The van der Waals surface area contributed by atoms with Gasteiger partial charge in [-0.3, -0.25) is 0 Å². The minimum atomic E-state index is 0.750. The Morgan fingerprint density at radius 1 is 1.27 bits per heavy atom. The van der Waals surface area contributed by atoms with E-state index >= 15 is 0 Å². The molecule has 0 saturated heterocycles. The Labute approximate surface area is 94.1 Å². The van der Waals surface area contributed by atoms with Gasteiger partial charge in [-0.15, -0.1) is 11.3 Å². The highest BCUT2D eigenvalue weighted by molar-refractivity contribution is 7.19. The van der Waals surface area contributed by atoms with Crippen molar-refractivity contribution in [3.8, 4) is 0 Å². The lowest BCUT2D eigenvalue weighted by atomic mass is 9.79. The predicted molar refractivity (Wildman–Crippen MR) is 66.6 cm³/mol. The Hall–Kier alpha value is -0.860. The average Bonchev–Trinajstić information content (AvgIpc) is 2.59. The molecule has 3 rings (SSSR count). The van der Waals surface area contributed by atoms with Gasteiger partial charge in [0.2, 0.25) is 0 Å².